The first-order valence-corrected chi connectivity index (χ1v) is 7.50. The minimum Gasteiger partial charge on any atom is -0.319 e. The first-order chi connectivity index (χ1) is 8.13. The summed E-state index contributed by atoms with van der Waals surface area (Å²) in [5.41, 5.74) is 0.463. The number of likely N-dealkylation sites (tertiary alicyclic amines) is 1. The Bertz CT molecular complexity index is 197. The van der Waals surface area contributed by atoms with Gasteiger partial charge in [-0.05, 0) is 44.2 Å². The highest BCUT2D eigenvalue weighted by Gasteiger charge is 2.29. The summed E-state index contributed by atoms with van der Waals surface area (Å²) in [6, 6.07) is 0. The van der Waals surface area contributed by atoms with Gasteiger partial charge in [-0.1, -0.05) is 33.6 Å². The minimum absolute atomic E-state index is 0.463. The Morgan fingerprint density at radius 1 is 1.29 bits per heavy atom. The van der Waals surface area contributed by atoms with Gasteiger partial charge < -0.3 is 10.2 Å². The predicted molar refractivity (Wildman–Crippen MR) is 76.4 cm³/mol. The molecule has 0 aromatic rings. The van der Waals surface area contributed by atoms with E-state index in [2.05, 4.69) is 38.0 Å². The second kappa shape index (κ2) is 7.38. The van der Waals surface area contributed by atoms with Crippen LogP contribution >= 0.6 is 0 Å². The Balaban J connectivity index is 2.40. The summed E-state index contributed by atoms with van der Waals surface area (Å²) >= 11 is 0. The summed E-state index contributed by atoms with van der Waals surface area (Å²) in [5.74, 6) is 0.973. The Morgan fingerprint density at radius 3 is 2.65 bits per heavy atom. The summed E-state index contributed by atoms with van der Waals surface area (Å²) in [6.07, 6.45) is 6.83. The highest BCUT2D eigenvalue weighted by Crippen LogP contribution is 2.28. The lowest BCUT2D eigenvalue weighted by Gasteiger charge is -2.33. The van der Waals surface area contributed by atoms with Crippen molar-refractivity contribution in [1.82, 2.24) is 10.2 Å². The number of hydrogen-bond donors (Lipinski definition) is 1. The third-order valence-electron chi connectivity index (χ3n) is 4.13. The normalized spacial score (nSPS) is 25.1. The van der Waals surface area contributed by atoms with Crippen LogP contribution in [0.5, 0.6) is 0 Å². The summed E-state index contributed by atoms with van der Waals surface area (Å²) in [4.78, 5) is 2.70. The van der Waals surface area contributed by atoms with E-state index in [1.54, 1.807) is 0 Å². The number of nitrogens with one attached hydrogen (secondary N) is 1. The molecule has 0 radical (unpaired) electrons. The molecule has 2 nitrogen and oxygen atoms in total. The molecule has 1 fully saturated rings. The fraction of sp³-hybridized carbons (Fsp3) is 1.00. The summed E-state index contributed by atoms with van der Waals surface area (Å²) < 4.78 is 0. The maximum Gasteiger partial charge on any atom is 0.00476 e. The van der Waals surface area contributed by atoms with Gasteiger partial charge in [0, 0.05) is 19.6 Å². The third kappa shape index (κ3) is 4.97. The topological polar surface area (TPSA) is 15.3 Å². The van der Waals surface area contributed by atoms with Crippen molar-refractivity contribution in [2.75, 3.05) is 33.2 Å². The van der Waals surface area contributed by atoms with E-state index in [9.17, 15) is 0 Å². The van der Waals surface area contributed by atoms with Crippen molar-refractivity contribution in [2.24, 2.45) is 11.3 Å². The zero-order valence-electron chi connectivity index (χ0n) is 12.4. The van der Waals surface area contributed by atoms with Gasteiger partial charge in [0.15, 0.2) is 0 Å². The number of rotatable bonds is 8. The molecule has 2 atom stereocenters. The van der Waals surface area contributed by atoms with Crippen LogP contribution < -0.4 is 5.32 Å². The first-order valence-electron chi connectivity index (χ1n) is 7.50. The van der Waals surface area contributed by atoms with Crippen molar-refractivity contribution in [3.05, 3.63) is 0 Å². The van der Waals surface area contributed by atoms with Crippen molar-refractivity contribution in [3.63, 3.8) is 0 Å². The van der Waals surface area contributed by atoms with Crippen LogP contribution in [0.25, 0.3) is 0 Å². The van der Waals surface area contributed by atoms with Gasteiger partial charge in [-0.2, -0.15) is 0 Å². The van der Waals surface area contributed by atoms with Crippen molar-refractivity contribution in [3.8, 4) is 0 Å². The molecule has 1 N–H and O–H groups in total. The van der Waals surface area contributed by atoms with E-state index >= 15 is 0 Å². The average Bonchev–Trinajstić information content (AvgIpc) is 2.66. The van der Waals surface area contributed by atoms with Crippen LogP contribution in [0.2, 0.25) is 0 Å². The van der Waals surface area contributed by atoms with Crippen molar-refractivity contribution in [1.29, 1.82) is 0 Å². The average molecular weight is 240 g/mol. The van der Waals surface area contributed by atoms with Crippen LogP contribution in [-0.4, -0.2) is 38.1 Å². The second-order valence-electron chi connectivity index (χ2n) is 6.27. The molecule has 2 unspecified atom stereocenters. The van der Waals surface area contributed by atoms with Crippen LogP contribution in [0.1, 0.15) is 52.9 Å². The molecule has 102 valence electrons. The Hall–Kier alpha value is -0.0800. The zero-order chi connectivity index (χ0) is 12.7. The molecule has 2 heteroatoms. The molecule has 1 rings (SSSR count). The predicted octanol–water partition coefficient (Wildman–Crippen LogP) is 3.13. The van der Waals surface area contributed by atoms with Gasteiger partial charge >= 0.3 is 0 Å². The van der Waals surface area contributed by atoms with E-state index in [1.807, 2.05) is 0 Å². The number of hydrogen-bond acceptors (Lipinski definition) is 2. The molecule has 1 heterocycles. The Labute approximate surface area is 108 Å². The van der Waals surface area contributed by atoms with Gasteiger partial charge in [-0.15, -0.1) is 0 Å². The molecule has 0 aromatic heterocycles. The van der Waals surface area contributed by atoms with Crippen molar-refractivity contribution < 1.29 is 0 Å². The molecule has 1 aliphatic heterocycles. The quantitative estimate of drug-likeness (QED) is 0.701. The SMILES string of the molecule is CCCC1CCN(CC(C)(CCC)CNC)C1. The zero-order valence-corrected chi connectivity index (χ0v) is 12.4. The van der Waals surface area contributed by atoms with Crippen molar-refractivity contribution in [2.45, 2.75) is 52.9 Å². The van der Waals surface area contributed by atoms with Crippen LogP contribution in [0.3, 0.4) is 0 Å². The van der Waals surface area contributed by atoms with Gasteiger partial charge in [0.2, 0.25) is 0 Å². The number of nitrogens with zero attached hydrogens (tertiary/aromatic N) is 1. The second-order valence-corrected chi connectivity index (χ2v) is 6.27. The highest BCUT2D eigenvalue weighted by atomic mass is 15.2. The molecule has 0 spiro atoms. The molecule has 1 saturated heterocycles. The van der Waals surface area contributed by atoms with E-state index in [0.717, 1.165) is 12.5 Å². The lowest BCUT2D eigenvalue weighted by atomic mass is 9.85. The summed E-state index contributed by atoms with van der Waals surface area (Å²) in [7, 11) is 2.08. The lowest BCUT2D eigenvalue weighted by Crippen LogP contribution is -2.40. The molecular weight excluding hydrogens is 208 g/mol. The van der Waals surface area contributed by atoms with Crippen LogP contribution in [-0.2, 0) is 0 Å². The van der Waals surface area contributed by atoms with Crippen molar-refractivity contribution >= 4 is 0 Å². The monoisotopic (exact) mass is 240 g/mol. The van der Waals surface area contributed by atoms with Crippen LogP contribution in [0, 0.1) is 11.3 Å². The van der Waals surface area contributed by atoms with Gasteiger partial charge in [0.25, 0.3) is 0 Å². The molecule has 0 amide bonds. The molecular formula is C15H32N2. The first kappa shape index (κ1) is 15.0. The smallest absolute Gasteiger partial charge is 0.00476 e. The summed E-state index contributed by atoms with van der Waals surface area (Å²) in [5, 5.41) is 3.38. The van der Waals surface area contributed by atoms with Gasteiger partial charge in [0.1, 0.15) is 0 Å². The minimum atomic E-state index is 0.463. The maximum absolute atomic E-state index is 3.38. The van der Waals surface area contributed by atoms with E-state index in [4.69, 9.17) is 0 Å². The third-order valence-corrected chi connectivity index (χ3v) is 4.13. The molecule has 17 heavy (non-hydrogen) atoms. The van der Waals surface area contributed by atoms with E-state index < -0.39 is 0 Å². The van der Waals surface area contributed by atoms with Crippen LogP contribution in [0.4, 0.5) is 0 Å². The maximum atomic E-state index is 3.38. The fourth-order valence-electron chi connectivity index (χ4n) is 3.49. The molecule has 0 bridgehead atoms. The van der Waals surface area contributed by atoms with E-state index in [-0.39, 0.29) is 0 Å². The molecule has 0 aliphatic carbocycles. The fourth-order valence-corrected chi connectivity index (χ4v) is 3.49. The summed E-state index contributed by atoms with van der Waals surface area (Å²) in [6.45, 7) is 12.2. The van der Waals surface area contributed by atoms with Crippen LogP contribution in [0.15, 0.2) is 0 Å². The van der Waals surface area contributed by atoms with E-state index in [1.165, 1.54) is 51.7 Å². The lowest BCUT2D eigenvalue weighted by molar-refractivity contribution is 0.171. The van der Waals surface area contributed by atoms with Gasteiger partial charge in [-0.25, -0.2) is 0 Å². The molecule has 0 saturated carbocycles. The van der Waals surface area contributed by atoms with Gasteiger partial charge in [-0.3, -0.25) is 0 Å². The molecule has 1 aliphatic rings. The molecule has 0 aromatic carbocycles. The highest BCUT2D eigenvalue weighted by molar-refractivity contribution is 4.84. The van der Waals surface area contributed by atoms with Gasteiger partial charge in [0.05, 0.1) is 0 Å². The standard InChI is InChI=1S/C15H32N2/c1-5-7-14-8-10-17(11-14)13-15(3,9-6-2)12-16-4/h14,16H,5-13H2,1-4H3. The Kier molecular flexibility index (Phi) is 6.50. The Morgan fingerprint density at radius 2 is 2.06 bits per heavy atom. The largest absolute Gasteiger partial charge is 0.319 e. The van der Waals surface area contributed by atoms with E-state index in [0.29, 0.717) is 5.41 Å².